The van der Waals surface area contributed by atoms with Crippen LogP contribution in [-0.2, 0) is 9.59 Å². The topological polar surface area (TPSA) is 86.5 Å². The van der Waals surface area contributed by atoms with Crippen molar-refractivity contribution in [2.24, 2.45) is 5.92 Å². The molecule has 126 valence electrons. The molecule has 7 nitrogen and oxygen atoms in total. The van der Waals surface area contributed by atoms with Gasteiger partial charge < -0.3 is 14.5 Å². The Morgan fingerprint density at radius 3 is 2.79 bits per heavy atom. The van der Waals surface area contributed by atoms with Gasteiger partial charge in [0.25, 0.3) is 0 Å². The van der Waals surface area contributed by atoms with Crippen LogP contribution in [0.4, 0.5) is 0 Å². The van der Waals surface area contributed by atoms with Crippen molar-refractivity contribution in [2.45, 2.75) is 25.4 Å². The van der Waals surface area contributed by atoms with Crippen molar-refractivity contribution in [3.63, 3.8) is 0 Å². The molecular formula is C17H20N4O3. The molecule has 7 heteroatoms. The second-order valence-corrected chi connectivity index (χ2v) is 6.29. The number of nitriles is 1. The summed E-state index contributed by atoms with van der Waals surface area (Å²) in [5.41, 5.74) is 0.420. The van der Waals surface area contributed by atoms with Crippen LogP contribution in [0.3, 0.4) is 0 Å². The molecule has 0 aromatic carbocycles. The molecule has 2 aliphatic rings. The van der Waals surface area contributed by atoms with E-state index in [-0.39, 0.29) is 23.8 Å². The molecule has 0 aliphatic carbocycles. The lowest BCUT2D eigenvalue weighted by molar-refractivity contribution is -0.137. The fourth-order valence-electron chi connectivity index (χ4n) is 3.21. The lowest BCUT2D eigenvalue weighted by Crippen LogP contribution is -2.44. The number of ether oxygens (including phenoxy) is 1. The van der Waals surface area contributed by atoms with E-state index in [0.29, 0.717) is 50.3 Å². The van der Waals surface area contributed by atoms with Crippen molar-refractivity contribution < 1.29 is 14.3 Å². The zero-order chi connectivity index (χ0) is 17.1. The quantitative estimate of drug-likeness (QED) is 0.819. The van der Waals surface area contributed by atoms with Gasteiger partial charge >= 0.3 is 0 Å². The first kappa shape index (κ1) is 16.2. The molecule has 3 rings (SSSR count). The summed E-state index contributed by atoms with van der Waals surface area (Å²) in [5.74, 6) is 0.223. The molecule has 2 aliphatic heterocycles. The van der Waals surface area contributed by atoms with E-state index in [9.17, 15) is 9.59 Å². The van der Waals surface area contributed by atoms with E-state index in [2.05, 4.69) is 11.1 Å². The molecule has 1 aromatic heterocycles. The highest BCUT2D eigenvalue weighted by molar-refractivity contribution is 5.89. The number of likely N-dealkylation sites (tertiary alicyclic amines) is 2. The van der Waals surface area contributed by atoms with Gasteiger partial charge in [-0.05, 0) is 12.1 Å². The van der Waals surface area contributed by atoms with Gasteiger partial charge in [0.2, 0.25) is 17.7 Å². The highest BCUT2D eigenvalue weighted by Gasteiger charge is 2.36. The number of piperidine rings is 1. The third-order valence-corrected chi connectivity index (χ3v) is 4.61. The standard InChI is InChI=1S/C17H20N4O3/c1-20-11-13(9-15(20)22)17(23)21-7-4-14(5-8-21)24-16-12(10-18)3-2-6-19-16/h2-3,6,13-14H,4-5,7-9,11H2,1H3. The van der Waals surface area contributed by atoms with Crippen LogP contribution in [0.5, 0.6) is 5.88 Å². The predicted octanol–water partition coefficient (Wildman–Crippen LogP) is 0.801. The molecule has 0 bridgehead atoms. The summed E-state index contributed by atoms with van der Waals surface area (Å²) in [6.07, 6.45) is 3.25. The maximum Gasteiger partial charge on any atom is 0.231 e. The van der Waals surface area contributed by atoms with Crippen LogP contribution in [0, 0.1) is 17.2 Å². The molecule has 0 N–H and O–H groups in total. The number of pyridine rings is 1. The molecule has 0 saturated carbocycles. The second kappa shape index (κ2) is 6.87. The van der Waals surface area contributed by atoms with Crippen molar-refractivity contribution >= 4 is 11.8 Å². The Morgan fingerprint density at radius 2 is 2.17 bits per heavy atom. The number of aromatic nitrogens is 1. The Labute approximate surface area is 140 Å². The van der Waals surface area contributed by atoms with Gasteiger partial charge in [-0.3, -0.25) is 9.59 Å². The number of carbonyl (C=O) groups is 2. The van der Waals surface area contributed by atoms with Crippen molar-refractivity contribution in [1.29, 1.82) is 5.26 Å². The Bertz CT molecular complexity index is 677. The minimum Gasteiger partial charge on any atom is -0.473 e. The van der Waals surface area contributed by atoms with Gasteiger partial charge in [0.05, 0.1) is 5.92 Å². The normalized spacial score (nSPS) is 21.7. The van der Waals surface area contributed by atoms with Gasteiger partial charge in [0.15, 0.2) is 0 Å². The summed E-state index contributed by atoms with van der Waals surface area (Å²) in [6.45, 7) is 1.72. The first-order valence-corrected chi connectivity index (χ1v) is 8.13. The fraction of sp³-hybridized carbons (Fsp3) is 0.529. The van der Waals surface area contributed by atoms with E-state index in [1.807, 2.05) is 4.90 Å². The van der Waals surface area contributed by atoms with Crippen LogP contribution < -0.4 is 4.74 Å². The predicted molar refractivity (Wildman–Crippen MR) is 84.9 cm³/mol. The van der Waals surface area contributed by atoms with Crippen LogP contribution in [0.25, 0.3) is 0 Å². The maximum absolute atomic E-state index is 12.5. The van der Waals surface area contributed by atoms with Crippen LogP contribution >= 0.6 is 0 Å². The average Bonchev–Trinajstić information content (AvgIpc) is 2.94. The Balaban J connectivity index is 1.54. The van der Waals surface area contributed by atoms with E-state index >= 15 is 0 Å². The zero-order valence-corrected chi connectivity index (χ0v) is 13.6. The summed E-state index contributed by atoms with van der Waals surface area (Å²) >= 11 is 0. The minimum absolute atomic E-state index is 0.0331. The van der Waals surface area contributed by atoms with E-state index in [0.717, 1.165) is 0 Å². The van der Waals surface area contributed by atoms with Gasteiger partial charge in [-0.25, -0.2) is 4.98 Å². The molecule has 1 atom stereocenters. The molecule has 2 saturated heterocycles. The Kier molecular flexibility index (Phi) is 4.65. The van der Waals surface area contributed by atoms with E-state index in [1.54, 1.807) is 30.3 Å². The van der Waals surface area contributed by atoms with Crippen molar-refractivity contribution in [3.05, 3.63) is 23.9 Å². The van der Waals surface area contributed by atoms with Gasteiger partial charge in [0, 0.05) is 52.1 Å². The summed E-state index contributed by atoms with van der Waals surface area (Å²) in [6, 6.07) is 5.45. The third-order valence-electron chi connectivity index (χ3n) is 4.61. The number of amides is 2. The minimum atomic E-state index is -0.221. The molecule has 0 radical (unpaired) electrons. The fourth-order valence-corrected chi connectivity index (χ4v) is 3.21. The van der Waals surface area contributed by atoms with Crippen LogP contribution in [-0.4, -0.2) is 59.4 Å². The molecule has 2 amide bonds. The molecule has 0 spiro atoms. The molecule has 1 aromatic rings. The molecule has 2 fully saturated rings. The van der Waals surface area contributed by atoms with E-state index in [1.165, 1.54) is 0 Å². The molecule has 24 heavy (non-hydrogen) atoms. The monoisotopic (exact) mass is 328 g/mol. The highest BCUT2D eigenvalue weighted by atomic mass is 16.5. The van der Waals surface area contributed by atoms with Crippen molar-refractivity contribution in [3.8, 4) is 11.9 Å². The van der Waals surface area contributed by atoms with Crippen molar-refractivity contribution in [1.82, 2.24) is 14.8 Å². The second-order valence-electron chi connectivity index (χ2n) is 6.29. The van der Waals surface area contributed by atoms with Crippen LogP contribution in [0.1, 0.15) is 24.8 Å². The number of nitrogens with zero attached hydrogens (tertiary/aromatic N) is 4. The number of hydrogen-bond donors (Lipinski definition) is 0. The summed E-state index contributed by atoms with van der Waals surface area (Å²) in [7, 11) is 1.73. The van der Waals surface area contributed by atoms with Crippen LogP contribution in [0.15, 0.2) is 18.3 Å². The van der Waals surface area contributed by atoms with E-state index < -0.39 is 0 Å². The summed E-state index contributed by atoms with van der Waals surface area (Å²) < 4.78 is 5.83. The van der Waals surface area contributed by atoms with Crippen LogP contribution in [0.2, 0.25) is 0 Å². The lowest BCUT2D eigenvalue weighted by Gasteiger charge is -2.33. The Hall–Kier alpha value is -2.62. The smallest absolute Gasteiger partial charge is 0.231 e. The first-order valence-electron chi connectivity index (χ1n) is 8.13. The number of rotatable bonds is 3. The summed E-state index contributed by atoms with van der Waals surface area (Å²) in [4.78, 5) is 31.6. The number of hydrogen-bond acceptors (Lipinski definition) is 5. The largest absolute Gasteiger partial charge is 0.473 e. The van der Waals surface area contributed by atoms with Crippen molar-refractivity contribution in [2.75, 3.05) is 26.7 Å². The van der Waals surface area contributed by atoms with E-state index in [4.69, 9.17) is 10.00 Å². The van der Waals surface area contributed by atoms with Gasteiger partial charge in [-0.15, -0.1) is 0 Å². The highest BCUT2D eigenvalue weighted by Crippen LogP contribution is 2.23. The zero-order valence-electron chi connectivity index (χ0n) is 13.6. The molecule has 3 heterocycles. The maximum atomic E-state index is 12.5. The average molecular weight is 328 g/mol. The molecular weight excluding hydrogens is 308 g/mol. The number of carbonyl (C=O) groups excluding carboxylic acids is 2. The van der Waals surface area contributed by atoms with Gasteiger partial charge in [-0.2, -0.15) is 5.26 Å². The summed E-state index contributed by atoms with van der Waals surface area (Å²) in [5, 5.41) is 9.07. The lowest BCUT2D eigenvalue weighted by atomic mass is 10.0. The van der Waals surface area contributed by atoms with Gasteiger partial charge in [-0.1, -0.05) is 0 Å². The van der Waals surface area contributed by atoms with Gasteiger partial charge in [0.1, 0.15) is 17.7 Å². The SMILES string of the molecule is CN1CC(C(=O)N2CCC(Oc3ncccc3C#N)CC2)CC1=O. The first-order chi connectivity index (χ1) is 11.6. The Morgan fingerprint density at radius 1 is 1.42 bits per heavy atom. The third kappa shape index (κ3) is 3.32. The molecule has 1 unspecified atom stereocenters.